The summed E-state index contributed by atoms with van der Waals surface area (Å²) in [5.74, 6) is 0. The van der Waals surface area contributed by atoms with Gasteiger partial charge >= 0.3 is 0 Å². The predicted octanol–water partition coefficient (Wildman–Crippen LogP) is 1.53. The van der Waals surface area contributed by atoms with Crippen LogP contribution in [0, 0.1) is 6.92 Å². The molecule has 104 valence electrons. The molecule has 0 saturated heterocycles. The van der Waals surface area contributed by atoms with Crippen LogP contribution >= 0.6 is 0 Å². The minimum Gasteiger partial charge on any atom is -0.392 e. The number of rotatable bonds is 4. The highest BCUT2D eigenvalue weighted by Crippen LogP contribution is 2.17. The molecule has 2 aromatic heterocycles. The van der Waals surface area contributed by atoms with Crippen LogP contribution in [-0.4, -0.2) is 31.5 Å². The van der Waals surface area contributed by atoms with Crippen LogP contribution in [0.3, 0.4) is 0 Å². The van der Waals surface area contributed by atoms with Crippen molar-refractivity contribution in [3.8, 4) is 0 Å². The van der Waals surface area contributed by atoms with E-state index in [0.29, 0.717) is 6.54 Å². The second kappa shape index (κ2) is 4.90. The smallest absolute Gasteiger partial charge is 0.157 e. The maximum Gasteiger partial charge on any atom is 0.157 e. The van der Waals surface area contributed by atoms with Gasteiger partial charge in [-0.15, -0.1) is 0 Å². The summed E-state index contributed by atoms with van der Waals surface area (Å²) in [6.45, 7) is 8.42. The molecule has 0 radical (unpaired) electrons. The molecule has 19 heavy (non-hydrogen) atoms. The van der Waals surface area contributed by atoms with Crippen LogP contribution in [0.15, 0.2) is 12.3 Å². The number of aliphatic hydroxyl groups is 1. The average Bonchev–Trinajstić information content (AvgIpc) is 2.62. The van der Waals surface area contributed by atoms with Gasteiger partial charge < -0.3 is 10.4 Å². The molecule has 0 saturated carbocycles. The third-order valence-electron chi connectivity index (χ3n) is 3.71. The Kier molecular flexibility index (Phi) is 3.60. The number of fused-ring (bicyclic) bond motifs is 1. The van der Waals surface area contributed by atoms with Crippen LogP contribution in [0.5, 0.6) is 0 Å². The van der Waals surface area contributed by atoms with Gasteiger partial charge in [-0.2, -0.15) is 5.10 Å². The number of hydrogen-bond donors (Lipinski definition) is 2. The molecule has 0 aromatic carbocycles. The summed E-state index contributed by atoms with van der Waals surface area (Å²) in [6.07, 6.45) is 1.44. The maximum atomic E-state index is 9.69. The van der Waals surface area contributed by atoms with E-state index in [1.807, 2.05) is 34.0 Å². The van der Waals surface area contributed by atoms with E-state index in [4.69, 9.17) is 0 Å². The number of nitrogens with zero attached hydrogens (tertiary/aromatic N) is 3. The first-order valence-electron chi connectivity index (χ1n) is 6.52. The summed E-state index contributed by atoms with van der Waals surface area (Å²) in [4.78, 5) is 4.45. The van der Waals surface area contributed by atoms with Crippen LogP contribution in [0.2, 0.25) is 0 Å². The average molecular weight is 262 g/mol. The maximum absolute atomic E-state index is 9.69. The quantitative estimate of drug-likeness (QED) is 0.877. The molecule has 5 heteroatoms. The molecule has 2 rings (SSSR count). The molecule has 1 atom stereocenters. The molecular formula is C14H22N4O. The Bertz CT molecular complexity index is 586. The first-order valence-corrected chi connectivity index (χ1v) is 6.52. The number of aryl methyl sites for hydroxylation is 2. The van der Waals surface area contributed by atoms with Crippen molar-refractivity contribution in [2.24, 2.45) is 7.05 Å². The van der Waals surface area contributed by atoms with Gasteiger partial charge in [0.25, 0.3) is 0 Å². The monoisotopic (exact) mass is 262 g/mol. The molecule has 0 fully saturated rings. The van der Waals surface area contributed by atoms with Gasteiger partial charge in [0.1, 0.15) is 0 Å². The van der Waals surface area contributed by atoms with Crippen LogP contribution in [-0.2, 0) is 13.6 Å². The largest absolute Gasteiger partial charge is 0.392 e. The third-order valence-corrected chi connectivity index (χ3v) is 3.71. The van der Waals surface area contributed by atoms with Gasteiger partial charge in [0.15, 0.2) is 5.65 Å². The molecule has 2 N–H and O–H groups in total. The summed E-state index contributed by atoms with van der Waals surface area (Å²) < 4.78 is 1.79. The lowest BCUT2D eigenvalue weighted by atomic mass is 9.98. The minimum atomic E-state index is -0.413. The first kappa shape index (κ1) is 14.0. The fraction of sp³-hybridized carbons (Fsp3) is 0.571. The predicted molar refractivity (Wildman–Crippen MR) is 75.8 cm³/mol. The van der Waals surface area contributed by atoms with Crippen LogP contribution < -0.4 is 5.32 Å². The number of aliphatic hydroxyl groups excluding tert-OH is 1. The van der Waals surface area contributed by atoms with E-state index >= 15 is 0 Å². The van der Waals surface area contributed by atoms with Crippen molar-refractivity contribution in [3.63, 3.8) is 0 Å². The van der Waals surface area contributed by atoms with Gasteiger partial charge in [0, 0.05) is 30.7 Å². The van der Waals surface area contributed by atoms with E-state index in [2.05, 4.69) is 21.5 Å². The fourth-order valence-electron chi connectivity index (χ4n) is 1.93. The number of aromatic nitrogens is 3. The van der Waals surface area contributed by atoms with Crippen molar-refractivity contribution in [1.82, 2.24) is 20.1 Å². The van der Waals surface area contributed by atoms with Crippen LogP contribution in [0.4, 0.5) is 0 Å². The summed E-state index contributed by atoms with van der Waals surface area (Å²) in [7, 11) is 1.90. The van der Waals surface area contributed by atoms with Crippen LogP contribution in [0.1, 0.15) is 32.0 Å². The second-order valence-corrected chi connectivity index (χ2v) is 5.67. The topological polar surface area (TPSA) is 63.0 Å². The Morgan fingerprint density at radius 3 is 2.79 bits per heavy atom. The summed E-state index contributed by atoms with van der Waals surface area (Å²) in [5.41, 5.74) is 2.66. The van der Waals surface area contributed by atoms with Gasteiger partial charge in [0.05, 0.1) is 11.8 Å². The van der Waals surface area contributed by atoms with Crippen molar-refractivity contribution in [2.45, 2.75) is 45.9 Å². The molecule has 0 aliphatic heterocycles. The van der Waals surface area contributed by atoms with E-state index in [9.17, 15) is 5.11 Å². The Balaban J connectivity index is 2.21. The SMILES string of the molecule is Cc1nn(C)c2ncc(CNC(C)(C)C(C)O)cc12. The zero-order chi connectivity index (χ0) is 14.2. The highest BCUT2D eigenvalue weighted by atomic mass is 16.3. The van der Waals surface area contributed by atoms with Crippen LogP contribution in [0.25, 0.3) is 11.0 Å². The molecule has 0 amide bonds. The zero-order valence-electron chi connectivity index (χ0n) is 12.2. The van der Waals surface area contributed by atoms with E-state index in [0.717, 1.165) is 22.3 Å². The molecule has 0 spiro atoms. The first-order chi connectivity index (χ1) is 8.81. The zero-order valence-corrected chi connectivity index (χ0v) is 12.2. The van der Waals surface area contributed by atoms with Gasteiger partial charge in [-0.1, -0.05) is 0 Å². The summed E-state index contributed by atoms with van der Waals surface area (Å²) >= 11 is 0. The van der Waals surface area contributed by atoms with Crippen molar-refractivity contribution in [2.75, 3.05) is 0 Å². The van der Waals surface area contributed by atoms with Gasteiger partial charge in [-0.25, -0.2) is 4.98 Å². The Morgan fingerprint density at radius 1 is 1.47 bits per heavy atom. The molecule has 5 nitrogen and oxygen atoms in total. The second-order valence-electron chi connectivity index (χ2n) is 5.67. The lowest BCUT2D eigenvalue weighted by Gasteiger charge is -2.29. The molecule has 1 unspecified atom stereocenters. The van der Waals surface area contributed by atoms with Gasteiger partial charge in [-0.05, 0) is 39.3 Å². The normalized spacial score (nSPS) is 14.0. The summed E-state index contributed by atoms with van der Waals surface area (Å²) in [6, 6.07) is 2.11. The standard InChI is InChI=1S/C14H22N4O/c1-9-12-6-11(7-15-13(12)18(5)17-9)8-16-14(3,4)10(2)19/h6-7,10,16,19H,8H2,1-5H3. The molecule has 0 aliphatic carbocycles. The molecule has 0 aliphatic rings. The molecule has 0 bridgehead atoms. The highest BCUT2D eigenvalue weighted by Gasteiger charge is 2.23. The van der Waals surface area contributed by atoms with Gasteiger partial charge in [0.2, 0.25) is 0 Å². The fourth-order valence-corrected chi connectivity index (χ4v) is 1.93. The number of hydrogen-bond acceptors (Lipinski definition) is 4. The molecule has 2 aromatic rings. The lowest BCUT2D eigenvalue weighted by molar-refractivity contribution is 0.0956. The Morgan fingerprint density at radius 2 is 2.16 bits per heavy atom. The summed E-state index contributed by atoms with van der Waals surface area (Å²) in [5, 5.41) is 18.5. The lowest BCUT2D eigenvalue weighted by Crippen LogP contribution is -2.47. The van der Waals surface area contributed by atoms with Crippen molar-refractivity contribution >= 4 is 11.0 Å². The molecule has 2 heterocycles. The van der Waals surface area contributed by atoms with E-state index in [-0.39, 0.29) is 5.54 Å². The van der Waals surface area contributed by atoms with E-state index < -0.39 is 6.10 Å². The molecular weight excluding hydrogens is 240 g/mol. The van der Waals surface area contributed by atoms with Gasteiger partial charge in [-0.3, -0.25) is 4.68 Å². The number of nitrogens with one attached hydrogen (secondary N) is 1. The van der Waals surface area contributed by atoms with Crippen molar-refractivity contribution in [1.29, 1.82) is 0 Å². The Labute approximate surface area is 113 Å². The Hall–Kier alpha value is -1.46. The third kappa shape index (κ3) is 2.77. The van der Waals surface area contributed by atoms with E-state index in [1.165, 1.54) is 0 Å². The number of pyridine rings is 1. The van der Waals surface area contributed by atoms with E-state index in [1.54, 1.807) is 11.6 Å². The minimum absolute atomic E-state index is 0.320. The van der Waals surface area contributed by atoms with Crippen molar-refractivity contribution in [3.05, 3.63) is 23.5 Å². The van der Waals surface area contributed by atoms with Crippen molar-refractivity contribution < 1.29 is 5.11 Å². The highest BCUT2D eigenvalue weighted by molar-refractivity contribution is 5.78.